The van der Waals surface area contributed by atoms with Gasteiger partial charge in [0.1, 0.15) is 5.75 Å². The molecule has 0 saturated carbocycles. The standard InChI is InChI=1S/C15H15NO.C12H15NO2/c1-11(17)14-9-8-13(10-15(14)16-2)12-6-4-3-5-7-12;14-8-11-6-9(3-4-12(11)15)10-2-1-5-13-7-10/h3-10,16H,1-2H3;3-4,6,8,10,13,15H,1-2,5,7H2. The van der Waals surface area contributed by atoms with Gasteiger partial charge < -0.3 is 15.7 Å². The van der Waals surface area contributed by atoms with Crippen molar-refractivity contribution in [3.05, 3.63) is 83.4 Å². The Kier molecular flexibility index (Phi) is 8.17. The van der Waals surface area contributed by atoms with Crippen LogP contribution in [0.2, 0.25) is 0 Å². The number of nitrogens with one attached hydrogen (secondary N) is 2. The number of aldehydes is 1. The van der Waals surface area contributed by atoms with Gasteiger partial charge >= 0.3 is 0 Å². The molecule has 1 unspecified atom stereocenters. The largest absolute Gasteiger partial charge is 0.507 e. The van der Waals surface area contributed by atoms with Gasteiger partial charge in [-0.3, -0.25) is 9.59 Å². The number of carbonyl (C=O) groups excluding carboxylic acids is 2. The fourth-order valence-corrected chi connectivity index (χ4v) is 3.93. The first-order chi connectivity index (χ1) is 15.5. The lowest BCUT2D eigenvalue weighted by Gasteiger charge is -2.23. The first-order valence-electron chi connectivity index (χ1n) is 10.9. The van der Waals surface area contributed by atoms with Gasteiger partial charge in [0.05, 0.1) is 5.56 Å². The number of carbonyl (C=O) groups is 2. The first kappa shape index (κ1) is 23.2. The molecule has 3 aromatic carbocycles. The van der Waals surface area contributed by atoms with E-state index < -0.39 is 0 Å². The van der Waals surface area contributed by atoms with Crippen LogP contribution in [0.1, 0.15) is 52.0 Å². The van der Waals surface area contributed by atoms with E-state index in [1.807, 2.05) is 49.5 Å². The summed E-state index contributed by atoms with van der Waals surface area (Å²) in [6.07, 6.45) is 3.02. The van der Waals surface area contributed by atoms with Gasteiger partial charge in [0.25, 0.3) is 0 Å². The number of piperidine rings is 1. The quantitative estimate of drug-likeness (QED) is 0.380. The highest BCUT2D eigenvalue weighted by Crippen LogP contribution is 2.27. The third-order valence-electron chi connectivity index (χ3n) is 5.72. The Labute approximate surface area is 189 Å². The van der Waals surface area contributed by atoms with E-state index >= 15 is 0 Å². The fraction of sp³-hybridized carbons (Fsp3) is 0.259. The minimum atomic E-state index is 0.0671. The average Bonchev–Trinajstić information content (AvgIpc) is 2.85. The summed E-state index contributed by atoms with van der Waals surface area (Å²) in [6.45, 7) is 3.62. The molecule has 1 heterocycles. The Balaban J connectivity index is 0.000000182. The van der Waals surface area contributed by atoms with Crippen molar-refractivity contribution in [3.63, 3.8) is 0 Å². The van der Waals surface area contributed by atoms with E-state index in [9.17, 15) is 14.7 Å². The van der Waals surface area contributed by atoms with E-state index in [0.717, 1.165) is 47.5 Å². The Morgan fingerprint density at radius 3 is 2.47 bits per heavy atom. The number of anilines is 1. The zero-order chi connectivity index (χ0) is 22.9. The van der Waals surface area contributed by atoms with E-state index in [1.54, 1.807) is 19.1 Å². The molecule has 0 aliphatic carbocycles. The molecular formula is C27H30N2O3. The lowest BCUT2D eigenvalue weighted by Crippen LogP contribution is -2.28. The van der Waals surface area contributed by atoms with Gasteiger partial charge in [0.15, 0.2) is 12.1 Å². The molecule has 0 aromatic heterocycles. The summed E-state index contributed by atoms with van der Waals surface area (Å²) in [7, 11) is 1.83. The third kappa shape index (κ3) is 5.83. The van der Waals surface area contributed by atoms with Gasteiger partial charge in [0.2, 0.25) is 0 Å². The van der Waals surface area contributed by atoms with Gasteiger partial charge in [-0.15, -0.1) is 0 Å². The van der Waals surface area contributed by atoms with Crippen LogP contribution in [0.25, 0.3) is 11.1 Å². The molecule has 1 saturated heterocycles. The highest BCUT2D eigenvalue weighted by molar-refractivity contribution is 6.00. The average molecular weight is 431 g/mol. The predicted molar refractivity (Wildman–Crippen MR) is 130 cm³/mol. The zero-order valence-corrected chi connectivity index (χ0v) is 18.6. The van der Waals surface area contributed by atoms with Crippen LogP contribution in [-0.4, -0.2) is 37.3 Å². The lowest BCUT2D eigenvalue weighted by atomic mass is 9.90. The molecule has 32 heavy (non-hydrogen) atoms. The van der Waals surface area contributed by atoms with Gasteiger partial charge in [0, 0.05) is 24.8 Å². The molecule has 4 rings (SSSR count). The summed E-state index contributed by atoms with van der Waals surface area (Å²) in [5, 5.41) is 15.8. The van der Waals surface area contributed by atoms with Crippen molar-refractivity contribution in [2.45, 2.75) is 25.7 Å². The van der Waals surface area contributed by atoms with Crippen molar-refractivity contribution in [1.29, 1.82) is 0 Å². The number of phenols is 1. The van der Waals surface area contributed by atoms with Crippen molar-refractivity contribution in [1.82, 2.24) is 5.32 Å². The molecule has 0 radical (unpaired) electrons. The van der Waals surface area contributed by atoms with Gasteiger partial charge in [-0.2, -0.15) is 0 Å². The molecule has 5 nitrogen and oxygen atoms in total. The van der Waals surface area contributed by atoms with Gasteiger partial charge in [-0.25, -0.2) is 0 Å². The summed E-state index contributed by atoms with van der Waals surface area (Å²) >= 11 is 0. The second kappa shape index (κ2) is 11.3. The smallest absolute Gasteiger partial charge is 0.161 e. The van der Waals surface area contributed by atoms with Crippen LogP contribution in [0.4, 0.5) is 5.69 Å². The van der Waals surface area contributed by atoms with Crippen LogP contribution in [0.3, 0.4) is 0 Å². The van der Waals surface area contributed by atoms with E-state index in [4.69, 9.17) is 0 Å². The summed E-state index contributed by atoms with van der Waals surface area (Å²) in [5.41, 5.74) is 5.39. The highest BCUT2D eigenvalue weighted by Gasteiger charge is 2.16. The Morgan fingerprint density at radius 1 is 1.06 bits per heavy atom. The molecule has 1 aliphatic heterocycles. The Bertz CT molecular complexity index is 1060. The number of hydrogen-bond donors (Lipinski definition) is 3. The Morgan fingerprint density at radius 2 is 1.84 bits per heavy atom. The molecular weight excluding hydrogens is 400 g/mol. The van der Waals surface area contributed by atoms with Crippen LogP contribution < -0.4 is 10.6 Å². The van der Waals surface area contributed by atoms with Crippen LogP contribution in [-0.2, 0) is 0 Å². The maximum absolute atomic E-state index is 11.4. The van der Waals surface area contributed by atoms with E-state index in [-0.39, 0.29) is 11.5 Å². The van der Waals surface area contributed by atoms with Crippen LogP contribution in [0.5, 0.6) is 5.75 Å². The predicted octanol–water partition coefficient (Wildman–Crippen LogP) is 5.27. The molecule has 0 spiro atoms. The normalized spacial score (nSPS) is 15.2. The third-order valence-corrected chi connectivity index (χ3v) is 5.72. The van der Waals surface area contributed by atoms with Crippen molar-refractivity contribution in [3.8, 4) is 16.9 Å². The van der Waals surface area contributed by atoms with Crippen LogP contribution in [0.15, 0.2) is 66.7 Å². The van der Waals surface area contributed by atoms with E-state index in [0.29, 0.717) is 17.8 Å². The fourth-order valence-electron chi connectivity index (χ4n) is 3.93. The molecule has 1 aliphatic rings. The van der Waals surface area contributed by atoms with Gasteiger partial charge in [-0.1, -0.05) is 42.5 Å². The molecule has 0 amide bonds. The molecule has 3 aromatic rings. The van der Waals surface area contributed by atoms with E-state index in [2.05, 4.69) is 22.8 Å². The topological polar surface area (TPSA) is 78.4 Å². The maximum atomic E-state index is 11.4. The summed E-state index contributed by atoms with van der Waals surface area (Å²) in [4.78, 5) is 22.1. The molecule has 0 bridgehead atoms. The molecule has 5 heteroatoms. The summed E-state index contributed by atoms with van der Waals surface area (Å²) in [6, 6.07) is 21.3. The number of hydrogen-bond acceptors (Lipinski definition) is 5. The number of benzene rings is 3. The van der Waals surface area contributed by atoms with Crippen molar-refractivity contribution < 1.29 is 14.7 Å². The van der Waals surface area contributed by atoms with Crippen LogP contribution in [0, 0.1) is 0 Å². The number of Topliss-reactive ketones (excluding diaryl/α,β-unsaturated/α-hetero) is 1. The maximum Gasteiger partial charge on any atom is 0.161 e. The summed E-state index contributed by atoms with van der Waals surface area (Å²) in [5.74, 6) is 0.615. The second-order valence-electron chi connectivity index (χ2n) is 7.91. The minimum Gasteiger partial charge on any atom is -0.507 e. The number of phenolic OH excluding ortho intramolecular Hbond substituents is 1. The Hall–Kier alpha value is -3.44. The molecule has 1 fully saturated rings. The van der Waals surface area contributed by atoms with Crippen molar-refractivity contribution in [2.24, 2.45) is 0 Å². The van der Waals surface area contributed by atoms with Crippen molar-refractivity contribution in [2.75, 3.05) is 25.5 Å². The number of ketones is 1. The molecule has 1 atom stereocenters. The minimum absolute atomic E-state index is 0.0671. The first-order valence-corrected chi connectivity index (χ1v) is 10.9. The van der Waals surface area contributed by atoms with Crippen molar-refractivity contribution >= 4 is 17.8 Å². The monoisotopic (exact) mass is 430 g/mol. The SMILES string of the molecule is CNc1cc(-c2ccccc2)ccc1C(C)=O.O=Cc1cc(C2CCCNC2)ccc1O. The van der Waals surface area contributed by atoms with Gasteiger partial charge in [-0.05, 0) is 73.2 Å². The van der Waals surface area contributed by atoms with Crippen LogP contribution >= 0.6 is 0 Å². The lowest BCUT2D eigenvalue weighted by molar-refractivity contribution is 0.101. The molecule has 166 valence electrons. The highest BCUT2D eigenvalue weighted by atomic mass is 16.3. The zero-order valence-electron chi connectivity index (χ0n) is 18.6. The number of aromatic hydroxyl groups is 1. The molecule has 3 N–H and O–H groups in total. The number of rotatable bonds is 5. The van der Waals surface area contributed by atoms with E-state index in [1.165, 1.54) is 6.42 Å². The second-order valence-corrected chi connectivity index (χ2v) is 7.91. The summed E-state index contributed by atoms with van der Waals surface area (Å²) < 4.78 is 0.